The lowest BCUT2D eigenvalue weighted by atomic mass is 10.1. The van der Waals surface area contributed by atoms with Gasteiger partial charge in [0.05, 0.1) is 6.54 Å². The third kappa shape index (κ3) is 6.99. The smallest absolute Gasteiger partial charge is 0.243 e. The van der Waals surface area contributed by atoms with Gasteiger partial charge in [-0.1, -0.05) is 32.0 Å². The van der Waals surface area contributed by atoms with Crippen LogP contribution in [0.5, 0.6) is 0 Å². The molecule has 1 amide bonds. The highest BCUT2D eigenvalue weighted by molar-refractivity contribution is 7.99. The number of thioether (sulfide) groups is 1. The molecule has 0 aliphatic carbocycles. The summed E-state index contributed by atoms with van der Waals surface area (Å²) in [6.07, 6.45) is 1.84. The van der Waals surface area contributed by atoms with Crippen LogP contribution >= 0.6 is 11.8 Å². The molecule has 9 heteroatoms. The van der Waals surface area contributed by atoms with Gasteiger partial charge in [-0.3, -0.25) is 4.79 Å². The van der Waals surface area contributed by atoms with E-state index in [9.17, 15) is 4.79 Å². The number of nitrogens with one attached hydrogen (secondary N) is 2. The zero-order valence-corrected chi connectivity index (χ0v) is 19.7. The van der Waals surface area contributed by atoms with Crippen molar-refractivity contribution in [3.8, 4) is 0 Å². The van der Waals surface area contributed by atoms with Gasteiger partial charge in [-0.2, -0.15) is 5.10 Å². The van der Waals surface area contributed by atoms with Crippen LogP contribution in [0.1, 0.15) is 37.8 Å². The number of amides is 1. The van der Waals surface area contributed by atoms with Gasteiger partial charge in [0.1, 0.15) is 12.4 Å². The Labute approximate surface area is 188 Å². The summed E-state index contributed by atoms with van der Waals surface area (Å²) < 4.78 is 2.00. The highest BCUT2D eigenvalue weighted by Gasteiger charge is 2.23. The predicted molar refractivity (Wildman–Crippen MR) is 126 cm³/mol. The van der Waals surface area contributed by atoms with Crippen molar-refractivity contribution in [2.24, 2.45) is 4.99 Å². The molecule has 2 N–H and O–H groups in total. The SMILES string of the molecule is CC(C)c1nc2n(n1)CC(NC(=NCC(=O)N(C)C)NCCSc1ccccc1)CC2. The van der Waals surface area contributed by atoms with Gasteiger partial charge >= 0.3 is 0 Å². The summed E-state index contributed by atoms with van der Waals surface area (Å²) in [7, 11) is 3.49. The van der Waals surface area contributed by atoms with Crippen molar-refractivity contribution in [2.75, 3.05) is 32.9 Å². The molecule has 0 saturated carbocycles. The largest absolute Gasteiger partial charge is 0.356 e. The fourth-order valence-corrected chi connectivity index (χ4v) is 3.97. The molecule has 1 unspecified atom stereocenters. The number of aliphatic imine (C=N–C) groups is 1. The molecule has 0 fully saturated rings. The van der Waals surface area contributed by atoms with Crippen molar-refractivity contribution >= 4 is 23.6 Å². The fraction of sp³-hybridized carbons (Fsp3) is 0.545. The van der Waals surface area contributed by atoms with E-state index in [1.165, 1.54) is 4.90 Å². The summed E-state index contributed by atoms with van der Waals surface area (Å²) in [5.41, 5.74) is 0. The molecular weight excluding hydrogens is 410 g/mol. The standard InChI is InChI=1S/C22H33N7OS/c1-16(2)21-26-19-11-10-17(15-29(19)27-21)25-22(24-14-20(30)28(3)4)23-12-13-31-18-8-6-5-7-9-18/h5-9,16-17H,10-15H2,1-4H3,(H2,23,24,25). The number of rotatable bonds is 8. The number of aryl methyl sites for hydroxylation is 1. The Kier molecular flexibility index (Phi) is 8.34. The van der Waals surface area contributed by atoms with Gasteiger partial charge in [0.25, 0.3) is 0 Å². The Morgan fingerprint density at radius 2 is 2.10 bits per heavy atom. The number of guanidine groups is 1. The van der Waals surface area contributed by atoms with E-state index in [1.54, 1.807) is 30.8 Å². The van der Waals surface area contributed by atoms with Crippen LogP contribution in [0.15, 0.2) is 40.2 Å². The molecule has 1 aromatic heterocycles. The molecule has 31 heavy (non-hydrogen) atoms. The first kappa shape index (κ1) is 23.1. The van der Waals surface area contributed by atoms with Crippen LogP contribution in [0, 0.1) is 0 Å². The van der Waals surface area contributed by atoms with Gasteiger partial charge in [0.15, 0.2) is 11.8 Å². The fourth-order valence-electron chi connectivity index (χ4n) is 3.18. The number of nitrogens with zero attached hydrogens (tertiary/aromatic N) is 5. The number of carbonyl (C=O) groups excluding carboxylic acids is 1. The van der Waals surface area contributed by atoms with Gasteiger partial charge < -0.3 is 15.5 Å². The summed E-state index contributed by atoms with van der Waals surface area (Å²) >= 11 is 1.79. The lowest BCUT2D eigenvalue weighted by Crippen LogP contribution is -2.48. The van der Waals surface area contributed by atoms with Crippen LogP contribution in [-0.2, 0) is 17.8 Å². The van der Waals surface area contributed by atoms with Crippen LogP contribution in [0.3, 0.4) is 0 Å². The van der Waals surface area contributed by atoms with Crippen LogP contribution in [-0.4, -0.2) is 70.5 Å². The van der Waals surface area contributed by atoms with E-state index in [-0.39, 0.29) is 18.5 Å². The van der Waals surface area contributed by atoms with E-state index in [1.807, 2.05) is 22.9 Å². The van der Waals surface area contributed by atoms with E-state index in [0.29, 0.717) is 11.9 Å². The zero-order chi connectivity index (χ0) is 22.2. The Balaban J connectivity index is 1.57. The summed E-state index contributed by atoms with van der Waals surface area (Å²) in [4.78, 5) is 24.0. The van der Waals surface area contributed by atoms with Crippen LogP contribution < -0.4 is 10.6 Å². The third-order valence-electron chi connectivity index (χ3n) is 5.01. The molecule has 1 aromatic carbocycles. The molecular formula is C22H33N7OS. The second-order valence-electron chi connectivity index (χ2n) is 8.14. The van der Waals surface area contributed by atoms with Gasteiger partial charge in [-0.05, 0) is 18.6 Å². The second-order valence-corrected chi connectivity index (χ2v) is 9.31. The first-order chi connectivity index (χ1) is 14.9. The average molecular weight is 444 g/mol. The Morgan fingerprint density at radius 1 is 1.32 bits per heavy atom. The number of aromatic nitrogens is 3. The first-order valence-corrected chi connectivity index (χ1v) is 11.8. The molecule has 3 rings (SSSR count). The van der Waals surface area contributed by atoms with E-state index in [2.05, 4.69) is 51.7 Å². The molecule has 0 radical (unpaired) electrons. The molecule has 8 nitrogen and oxygen atoms in total. The minimum absolute atomic E-state index is 0.0245. The Morgan fingerprint density at radius 3 is 2.81 bits per heavy atom. The minimum atomic E-state index is -0.0245. The molecule has 0 spiro atoms. The van der Waals surface area contributed by atoms with Crippen LogP contribution in [0.2, 0.25) is 0 Å². The van der Waals surface area contributed by atoms with E-state index < -0.39 is 0 Å². The lowest BCUT2D eigenvalue weighted by molar-refractivity contribution is -0.127. The highest BCUT2D eigenvalue weighted by atomic mass is 32.2. The quantitative estimate of drug-likeness (QED) is 0.281. The van der Waals surface area contributed by atoms with Crippen molar-refractivity contribution in [1.82, 2.24) is 30.3 Å². The van der Waals surface area contributed by atoms with Crippen LogP contribution in [0.4, 0.5) is 0 Å². The maximum atomic E-state index is 12.0. The van der Waals surface area contributed by atoms with Crippen molar-refractivity contribution < 1.29 is 4.79 Å². The van der Waals surface area contributed by atoms with Crippen molar-refractivity contribution in [2.45, 2.75) is 50.1 Å². The van der Waals surface area contributed by atoms with E-state index >= 15 is 0 Å². The number of benzene rings is 1. The van der Waals surface area contributed by atoms with Gasteiger partial charge in [0.2, 0.25) is 5.91 Å². The summed E-state index contributed by atoms with van der Waals surface area (Å²) in [6, 6.07) is 10.5. The topological polar surface area (TPSA) is 87.4 Å². The lowest BCUT2D eigenvalue weighted by Gasteiger charge is -2.25. The van der Waals surface area contributed by atoms with Crippen molar-refractivity contribution in [1.29, 1.82) is 0 Å². The number of hydrogen-bond donors (Lipinski definition) is 2. The van der Waals surface area contributed by atoms with Gasteiger partial charge in [-0.25, -0.2) is 14.7 Å². The van der Waals surface area contributed by atoms with Gasteiger partial charge in [-0.15, -0.1) is 11.8 Å². The summed E-state index contributed by atoms with van der Waals surface area (Å²) in [6.45, 7) is 5.84. The molecule has 1 atom stereocenters. The summed E-state index contributed by atoms with van der Waals surface area (Å²) in [5.74, 6) is 3.82. The maximum Gasteiger partial charge on any atom is 0.243 e. The van der Waals surface area contributed by atoms with E-state index in [0.717, 1.165) is 43.3 Å². The normalized spacial score (nSPS) is 16.2. The molecule has 1 aliphatic heterocycles. The molecule has 2 heterocycles. The monoisotopic (exact) mass is 443 g/mol. The van der Waals surface area contributed by atoms with E-state index in [4.69, 9.17) is 0 Å². The average Bonchev–Trinajstić information content (AvgIpc) is 3.19. The summed E-state index contributed by atoms with van der Waals surface area (Å²) in [5, 5.41) is 11.5. The molecule has 168 valence electrons. The second kappa shape index (κ2) is 11.2. The maximum absolute atomic E-state index is 12.0. The third-order valence-corrected chi connectivity index (χ3v) is 6.02. The Bertz CT molecular complexity index is 879. The zero-order valence-electron chi connectivity index (χ0n) is 18.8. The predicted octanol–water partition coefficient (Wildman–Crippen LogP) is 2.13. The number of hydrogen-bond acceptors (Lipinski definition) is 5. The number of likely N-dealkylation sites (N-methyl/N-ethyl adjacent to an activating group) is 1. The molecule has 0 bridgehead atoms. The Hall–Kier alpha value is -2.55. The number of fused-ring (bicyclic) bond motifs is 1. The number of carbonyl (C=O) groups is 1. The van der Waals surface area contributed by atoms with Crippen LogP contribution in [0.25, 0.3) is 0 Å². The van der Waals surface area contributed by atoms with Crippen molar-refractivity contribution in [3.63, 3.8) is 0 Å². The minimum Gasteiger partial charge on any atom is -0.356 e. The first-order valence-electron chi connectivity index (χ1n) is 10.8. The molecule has 2 aromatic rings. The molecule has 0 saturated heterocycles. The van der Waals surface area contributed by atoms with Crippen molar-refractivity contribution in [3.05, 3.63) is 42.0 Å². The molecule has 1 aliphatic rings. The highest BCUT2D eigenvalue weighted by Crippen LogP contribution is 2.17. The van der Waals surface area contributed by atoms with Gasteiger partial charge in [0, 0.05) is 49.7 Å².